The van der Waals surface area contributed by atoms with E-state index in [-0.39, 0.29) is 0 Å². The molecule has 3 rings (SSSR count). The van der Waals surface area contributed by atoms with Gasteiger partial charge in [-0.25, -0.2) is 15.0 Å². The molecule has 0 atom stereocenters. The number of hydrogen-bond acceptors (Lipinski definition) is 5. The molecule has 0 saturated carbocycles. The van der Waals surface area contributed by atoms with Gasteiger partial charge in [0.25, 0.3) is 0 Å². The number of aryl methyl sites for hydroxylation is 1. The van der Waals surface area contributed by atoms with Crippen molar-refractivity contribution in [1.82, 2.24) is 15.0 Å². The molecule has 5 nitrogen and oxygen atoms in total. The zero-order valence-corrected chi connectivity index (χ0v) is 14.0. The Hall–Kier alpha value is -2.95. The van der Waals surface area contributed by atoms with Crippen LogP contribution in [-0.4, -0.2) is 29.2 Å². The zero-order chi connectivity index (χ0) is 16.9. The smallest absolute Gasteiger partial charge is 0.212 e. The van der Waals surface area contributed by atoms with Gasteiger partial charge < -0.3 is 9.47 Å². The van der Waals surface area contributed by atoms with Crippen molar-refractivity contribution < 1.29 is 9.47 Å². The van der Waals surface area contributed by atoms with Gasteiger partial charge in [-0.05, 0) is 36.2 Å². The Bertz CT molecular complexity index is 749. The highest BCUT2D eigenvalue weighted by Gasteiger charge is 2.08. The summed E-state index contributed by atoms with van der Waals surface area (Å²) in [6, 6.07) is 11.8. The fraction of sp³-hybridized carbons (Fsp3) is 0.211. The van der Waals surface area contributed by atoms with Gasteiger partial charge >= 0.3 is 0 Å². The van der Waals surface area contributed by atoms with Crippen LogP contribution in [0, 0.1) is 0 Å². The molecular formula is C19H19N3O2. The van der Waals surface area contributed by atoms with Crippen LogP contribution in [0.1, 0.15) is 12.5 Å². The molecule has 3 aromatic rings. The fourth-order valence-corrected chi connectivity index (χ4v) is 2.39. The Labute approximate surface area is 141 Å². The topological polar surface area (TPSA) is 57.1 Å². The molecule has 0 radical (unpaired) electrons. The van der Waals surface area contributed by atoms with Crippen LogP contribution in [0.2, 0.25) is 0 Å². The molecule has 0 bridgehead atoms. The first-order valence-electron chi connectivity index (χ1n) is 7.75. The number of aromatic nitrogens is 3. The summed E-state index contributed by atoms with van der Waals surface area (Å²) in [5, 5.41) is 0. The third-order valence-corrected chi connectivity index (χ3v) is 3.78. The summed E-state index contributed by atoms with van der Waals surface area (Å²) < 4.78 is 10.2. The third kappa shape index (κ3) is 3.35. The summed E-state index contributed by atoms with van der Waals surface area (Å²) >= 11 is 0. The largest absolute Gasteiger partial charge is 0.481 e. The van der Waals surface area contributed by atoms with Crippen molar-refractivity contribution >= 4 is 0 Å². The molecule has 122 valence electrons. The van der Waals surface area contributed by atoms with E-state index >= 15 is 0 Å². The Morgan fingerprint density at radius 1 is 0.792 bits per heavy atom. The Morgan fingerprint density at radius 2 is 1.29 bits per heavy atom. The van der Waals surface area contributed by atoms with Gasteiger partial charge in [-0.15, -0.1) is 0 Å². The highest BCUT2D eigenvalue weighted by molar-refractivity contribution is 5.66. The fourth-order valence-electron chi connectivity index (χ4n) is 2.39. The Morgan fingerprint density at radius 3 is 1.62 bits per heavy atom. The lowest BCUT2D eigenvalue weighted by molar-refractivity contribution is 0.398. The van der Waals surface area contributed by atoms with Crippen LogP contribution in [0.25, 0.3) is 22.5 Å². The van der Waals surface area contributed by atoms with Crippen LogP contribution < -0.4 is 9.47 Å². The predicted molar refractivity (Wildman–Crippen MR) is 93.2 cm³/mol. The Balaban J connectivity index is 2.03. The predicted octanol–water partition coefficient (Wildman–Crippen LogP) is 3.79. The van der Waals surface area contributed by atoms with E-state index in [0.717, 1.165) is 28.9 Å². The van der Waals surface area contributed by atoms with E-state index in [9.17, 15) is 0 Å². The molecule has 0 spiro atoms. The molecule has 0 aliphatic rings. The average Bonchev–Trinajstić information content (AvgIpc) is 2.67. The normalized spacial score (nSPS) is 10.5. The molecule has 0 amide bonds. The highest BCUT2D eigenvalue weighted by Crippen LogP contribution is 2.26. The number of pyridine rings is 3. The Kier molecular flexibility index (Phi) is 4.70. The van der Waals surface area contributed by atoms with E-state index in [1.807, 2.05) is 24.3 Å². The minimum Gasteiger partial charge on any atom is -0.481 e. The minimum absolute atomic E-state index is 0.588. The number of rotatable bonds is 5. The molecule has 0 unspecified atom stereocenters. The maximum Gasteiger partial charge on any atom is 0.212 e. The molecule has 0 saturated heterocycles. The second-order valence-corrected chi connectivity index (χ2v) is 5.28. The van der Waals surface area contributed by atoms with Crippen molar-refractivity contribution in [2.45, 2.75) is 13.3 Å². The second-order valence-electron chi connectivity index (χ2n) is 5.28. The first kappa shape index (κ1) is 15.9. The highest BCUT2D eigenvalue weighted by atomic mass is 16.5. The number of nitrogens with zero attached hydrogens (tertiary/aromatic N) is 3. The van der Waals surface area contributed by atoms with Gasteiger partial charge in [-0.1, -0.05) is 6.92 Å². The number of methoxy groups -OCH3 is 2. The first-order chi connectivity index (χ1) is 11.7. The van der Waals surface area contributed by atoms with Gasteiger partial charge in [0.15, 0.2) is 0 Å². The van der Waals surface area contributed by atoms with E-state index < -0.39 is 0 Å². The maximum absolute atomic E-state index is 5.11. The zero-order valence-electron chi connectivity index (χ0n) is 14.0. The lowest BCUT2D eigenvalue weighted by atomic mass is 10.1. The maximum atomic E-state index is 5.11. The van der Waals surface area contributed by atoms with Gasteiger partial charge in [-0.2, -0.15) is 0 Å². The van der Waals surface area contributed by atoms with Crippen molar-refractivity contribution in [2.24, 2.45) is 0 Å². The van der Waals surface area contributed by atoms with Crippen LogP contribution in [0.15, 0.2) is 48.8 Å². The number of ether oxygens (including phenoxy) is 2. The second kappa shape index (κ2) is 7.08. The molecule has 5 heteroatoms. The molecule has 3 heterocycles. The van der Waals surface area contributed by atoms with Crippen molar-refractivity contribution in [3.63, 3.8) is 0 Å². The van der Waals surface area contributed by atoms with E-state index in [2.05, 4.69) is 29.0 Å². The lowest BCUT2D eigenvalue weighted by Gasteiger charge is -2.09. The van der Waals surface area contributed by atoms with Gasteiger partial charge in [0.2, 0.25) is 11.8 Å². The van der Waals surface area contributed by atoms with Crippen molar-refractivity contribution in [3.8, 4) is 34.3 Å². The van der Waals surface area contributed by atoms with E-state index in [1.165, 1.54) is 5.56 Å². The first-order valence-corrected chi connectivity index (χ1v) is 7.75. The molecule has 0 N–H and O–H groups in total. The van der Waals surface area contributed by atoms with Crippen LogP contribution in [-0.2, 0) is 6.42 Å². The molecule has 0 aliphatic carbocycles. The summed E-state index contributed by atoms with van der Waals surface area (Å²) in [4.78, 5) is 13.3. The summed E-state index contributed by atoms with van der Waals surface area (Å²) in [6.45, 7) is 2.13. The van der Waals surface area contributed by atoms with Crippen molar-refractivity contribution in [3.05, 3.63) is 54.4 Å². The van der Waals surface area contributed by atoms with Gasteiger partial charge in [0, 0.05) is 35.7 Å². The van der Waals surface area contributed by atoms with Crippen molar-refractivity contribution in [1.29, 1.82) is 0 Å². The van der Waals surface area contributed by atoms with Crippen LogP contribution in [0.5, 0.6) is 11.8 Å². The van der Waals surface area contributed by atoms with Gasteiger partial charge in [0.1, 0.15) is 0 Å². The van der Waals surface area contributed by atoms with Crippen LogP contribution in [0.4, 0.5) is 0 Å². The van der Waals surface area contributed by atoms with Gasteiger partial charge in [-0.3, -0.25) is 0 Å². The summed E-state index contributed by atoms with van der Waals surface area (Å²) in [6.07, 6.45) is 4.48. The van der Waals surface area contributed by atoms with E-state index in [4.69, 9.17) is 14.5 Å². The molecule has 24 heavy (non-hydrogen) atoms. The molecule has 0 fully saturated rings. The summed E-state index contributed by atoms with van der Waals surface area (Å²) in [5.41, 5.74) is 4.88. The third-order valence-electron chi connectivity index (χ3n) is 3.78. The average molecular weight is 321 g/mol. The molecule has 0 aromatic carbocycles. The van der Waals surface area contributed by atoms with Crippen LogP contribution in [0.3, 0.4) is 0 Å². The number of hydrogen-bond donors (Lipinski definition) is 0. The molecular weight excluding hydrogens is 302 g/mol. The standard InChI is InChI=1S/C19H19N3O2/c1-4-13-9-16(14-5-7-18(23-2)20-11-14)22-17(10-13)15-6-8-19(24-3)21-12-15/h5-12H,4H2,1-3H3. The SMILES string of the molecule is CCc1cc(-c2ccc(OC)nc2)nc(-c2ccc(OC)nc2)c1. The van der Waals surface area contributed by atoms with Crippen LogP contribution >= 0.6 is 0 Å². The quantitative estimate of drug-likeness (QED) is 0.715. The lowest BCUT2D eigenvalue weighted by Crippen LogP contribution is -1.94. The summed E-state index contributed by atoms with van der Waals surface area (Å²) in [5.74, 6) is 1.18. The summed E-state index contributed by atoms with van der Waals surface area (Å²) in [7, 11) is 3.21. The minimum atomic E-state index is 0.588. The van der Waals surface area contributed by atoms with E-state index in [1.54, 1.807) is 26.6 Å². The van der Waals surface area contributed by atoms with E-state index in [0.29, 0.717) is 11.8 Å². The monoisotopic (exact) mass is 321 g/mol. The molecule has 0 aliphatic heterocycles. The van der Waals surface area contributed by atoms with Crippen molar-refractivity contribution in [2.75, 3.05) is 14.2 Å². The molecule has 3 aromatic heterocycles. The van der Waals surface area contributed by atoms with Gasteiger partial charge in [0.05, 0.1) is 25.6 Å².